The van der Waals surface area contributed by atoms with Crippen LogP contribution in [-0.2, 0) is 4.79 Å². The Morgan fingerprint density at radius 3 is 2.25 bits per heavy atom. The summed E-state index contributed by atoms with van der Waals surface area (Å²) >= 11 is 0. The Balaban J connectivity index is 3.29. The van der Waals surface area contributed by atoms with E-state index in [1.54, 1.807) is 6.08 Å². The molecule has 0 heterocycles. The molecule has 0 aromatic carbocycles. The summed E-state index contributed by atoms with van der Waals surface area (Å²) in [7, 11) is 0. The molecule has 0 aliphatic carbocycles. The molecule has 2 nitrogen and oxygen atoms in total. The number of rotatable bonds is 9. The lowest BCUT2D eigenvalue weighted by molar-refractivity contribution is -0.136. The highest BCUT2D eigenvalue weighted by molar-refractivity contribution is 5.68. The largest absolute Gasteiger partial charge is 0.481 e. The third-order valence-corrected chi connectivity index (χ3v) is 2.04. The van der Waals surface area contributed by atoms with Crippen LogP contribution in [0, 0.1) is 0 Å². The molecule has 0 spiro atoms. The van der Waals surface area contributed by atoms with Crippen molar-refractivity contribution in [2.24, 2.45) is 0 Å². The minimum absolute atomic E-state index is 0.137. The van der Waals surface area contributed by atoms with Crippen LogP contribution in [0.3, 0.4) is 0 Å². The molecule has 0 saturated heterocycles. The summed E-state index contributed by atoms with van der Waals surface area (Å²) in [4.78, 5) is 10.2. The van der Waals surface area contributed by atoms with Crippen LogP contribution < -0.4 is 0 Å². The first-order chi connectivity index (χ1) is 7.77. The second kappa shape index (κ2) is 11.8. The topological polar surface area (TPSA) is 37.3 Å². The average Bonchev–Trinajstić information content (AvgIpc) is 2.25. The Labute approximate surface area is 98.4 Å². The zero-order chi connectivity index (χ0) is 12.1. The van der Waals surface area contributed by atoms with E-state index in [0.717, 1.165) is 32.1 Å². The van der Waals surface area contributed by atoms with Crippen LogP contribution >= 0.6 is 0 Å². The van der Waals surface area contributed by atoms with Crippen molar-refractivity contribution < 1.29 is 9.90 Å². The number of allylic oxidation sites excluding steroid dienone is 5. The van der Waals surface area contributed by atoms with Gasteiger partial charge in [-0.3, -0.25) is 4.79 Å². The highest BCUT2D eigenvalue weighted by Crippen LogP contribution is 2.00. The Bertz CT molecular complexity index is 249. The van der Waals surface area contributed by atoms with Crippen LogP contribution in [0.2, 0.25) is 0 Å². The van der Waals surface area contributed by atoms with Gasteiger partial charge in [0.25, 0.3) is 0 Å². The van der Waals surface area contributed by atoms with Crippen molar-refractivity contribution in [2.75, 3.05) is 0 Å². The fourth-order valence-electron chi connectivity index (χ4n) is 1.21. The molecule has 16 heavy (non-hydrogen) atoms. The smallest absolute Gasteiger partial charge is 0.307 e. The molecule has 2 heteroatoms. The van der Waals surface area contributed by atoms with Crippen LogP contribution in [0.1, 0.15) is 45.4 Å². The maximum atomic E-state index is 10.2. The Hall–Kier alpha value is -1.31. The quantitative estimate of drug-likeness (QED) is 0.471. The maximum absolute atomic E-state index is 10.2. The van der Waals surface area contributed by atoms with E-state index in [1.165, 1.54) is 0 Å². The van der Waals surface area contributed by atoms with Gasteiger partial charge in [0.1, 0.15) is 0 Å². The van der Waals surface area contributed by atoms with Gasteiger partial charge in [-0.25, -0.2) is 0 Å². The minimum atomic E-state index is -0.765. The van der Waals surface area contributed by atoms with E-state index in [0.29, 0.717) is 0 Å². The van der Waals surface area contributed by atoms with Gasteiger partial charge in [0.05, 0.1) is 6.42 Å². The summed E-state index contributed by atoms with van der Waals surface area (Å²) in [5, 5.41) is 8.39. The first-order valence-corrected chi connectivity index (χ1v) is 5.94. The lowest BCUT2D eigenvalue weighted by Gasteiger charge is -1.90. The Morgan fingerprint density at radius 1 is 1.00 bits per heavy atom. The number of hydrogen-bond donors (Lipinski definition) is 1. The molecule has 0 rings (SSSR count). The fourth-order valence-corrected chi connectivity index (χ4v) is 1.21. The van der Waals surface area contributed by atoms with Crippen molar-refractivity contribution in [1.82, 2.24) is 0 Å². The van der Waals surface area contributed by atoms with Crippen molar-refractivity contribution in [3.05, 3.63) is 36.5 Å². The monoisotopic (exact) mass is 222 g/mol. The molecule has 0 atom stereocenters. The SMILES string of the molecule is CC/C=C\C/C=C\CCC/C=C/CC(=O)O. The molecule has 90 valence electrons. The number of hydrogen-bond acceptors (Lipinski definition) is 1. The number of carbonyl (C=O) groups is 1. The predicted molar refractivity (Wildman–Crippen MR) is 68.4 cm³/mol. The van der Waals surface area contributed by atoms with Gasteiger partial charge >= 0.3 is 5.97 Å². The molecule has 0 unspecified atom stereocenters. The molecule has 0 aromatic rings. The molecule has 1 N–H and O–H groups in total. The van der Waals surface area contributed by atoms with Gasteiger partial charge in [-0.2, -0.15) is 0 Å². The standard InChI is InChI=1S/C14H22O2/c1-2-3-4-5-6-7-8-9-10-11-12-13-14(15)16/h3-4,6-7,11-12H,2,5,8-10,13H2,1H3,(H,15,16)/b4-3-,7-6-,12-11+. The molecule has 0 fully saturated rings. The van der Waals surface area contributed by atoms with Crippen molar-refractivity contribution >= 4 is 5.97 Å². The van der Waals surface area contributed by atoms with Gasteiger partial charge < -0.3 is 5.11 Å². The summed E-state index contributed by atoms with van der Waals surface area (Å²) < 4.78 is 0. The van der Waals surface area contributed by atoms with E-state index in [-0.39, 0.29) is 6.42 Å². The Kier molecular flexibility index (Phi) is 10.8. The molecule has 0 aliphatic heterocycles. The van der Waals surface area contributed by atoms with Crippen molar-refractivity contribution in [2.45, 2.75) is 45.4 Å². The van der Waals surface area contributed by atoms with Crippen molar-refractivity contribution in [3.63, 3.8) is 0 Å². The zero-order valence-corrected chi connectivity index (χ0v) is 10.1. The Morgan fingerprint density at radius 2 is 1.62 bits per heavy atom. The minimum Gasteiger partial charge on any atom is -0.481 e. The number of carboxylic acid groups (broad SMARTS) is 1. The highest BCUT2D eigenvalue weighted by Gasteiger charge is 1.88. The van der Waals surface area contributed by atoms with E-state index in [1.807, 2.05) is 6.08 Å². The third-order valence-electron chi connectivity index (χ3n) is 2.04. The van der Waals surface area contributed by atoms with Crippen molar-refractivity contribution in [3.8, 4) is 0 Å². The summed E-state index contributed by atoms with van der Waals surface area (Å²) in [6.45, 7) is 2.13. The molecule has 0 aliphatic rings. The van der Waals surface area contributed by atoms with Crippen LogP contribution in [0.4, 0.5) is 0 Å². The molecule has 0 radical (unpaired) electrons. The van der Waals surface area contributed by atoms with E-state index in [9.17, 15) is 4.79 Å². The molecular formula is C14H22O2. The third kappa shape index (κ3) is 12.7. The molecular weight excluding hydrogens is 200 g/mol. The van der Waals surface area contributed by atoms with Crippen LogP contribution in [0.25, 0.3) is 0 Å². The lowest BCUT2D eigenvalue weighted by atomic mass is 10.2. The first-order valence-electron chi connectivity index (χ1n) is 5.94. The first kappa shape index (κ1) is 14.7. The maximum Gasteiger partial charge on any atom is 0.307 e. The summed E-state index contributed by atoms with van der Waals surface area (Å²) in [6, 6.07) is 0. The zero-order valence-electron chi connectivity index (χ0n) is 10.1. The molecule has 0 aromatic heterocycles. The summed E-state index contributed by atoms with van der Waals surface area (Å²) in [5.41, 5.74) is 0. The van der Waals surface area contributed by atoms with Gasteiger partial charge in [0.15, 0.2) is 0 Å². The van der Waals surface area contributed by atoms with Gasteiger partial charge in [-0.05, 0) is 32.1 Å². The second-order valence-electron chi connectivity index (χ2n) is 3.59. The predicted octanol–water partition coefficient (Wildman–Crippen LogP) is 4.10. The average molecular weight is 222 g/mol. The summed E-state index contributed by atoms with van der Waals surface area (Å²) in [5.74, 6) is -0.765. The van der Waals surface area contributed by atoms with Gasteiger partial charge in [-0.15, -0.1) is 0 Å². The summed E-state index contributed by atoms with van der Waals surface area (Å²) in [6.07, 6.45) is 17.7. The van der Waals surface area contributed by atoms with Crippen LogP contribution in [0.15, 0.2) is 36.5 Å². The van der Waals surface area contributed by atoms with E-state index in [2.05, 4.69) is 31.2 Å². The normalized spacial score (nSPS) is 12.1. The van der Waals surface area contributed by atoms with Crippen LogP contribution in [-0.4, -0.2) is 11.1 Å². The van der Waals surface area contributed by atoms with E-state index >= 15 is 0 Å². The second-order valence-corrected chi connectivity index (χ2v) is 3.59. The molecule has 0 amide bonds. The fraction of sp³-hybridized carbons (Fsp3) is 0.500. The number of unbranched alkanes of at least 4 members (excludes halogenated alkanes) is 2. The molecule has 0 bridgehead atoms. The van der Waals surface area contributed by atoms with E-state index < -0.39 is 5.97 Å². The van der Waals surface area contributed by atoms with E-state index in [4.69, 9.17) is 5.11 Å². The van der Waals surface area contributed by atoms with Gasteiger partial charge in [0, 0.05) is 0 Å². The van der Waals surface area contributed by atoms with Gasteiger partial charge in [0.2, 0.25) is 0 Å². The van der Waals surface area contributed by atoms with Gasteiger partial charge in [-0.1, -0.05) is 43.4 Å². The van der Waals surface area contributed by atoms with Crippen molar-refractivity contribution in [1.29, 1.82) is 0 Å². The number of aliphatic carboxylic acids is 1. The highest BCUT2D eigenvalue weighted by atomic mass is 16.4. The molecule has 0 saturated carbocycles. The lowest BCUT2D eigenvalue weighted by Crippen LogP contribution is -1.89. The van der Waals surface area contributed by atoms with Crippen LogP contribution in [0.5, 0.6) is 0 Å². The number of carboxylic acids is 1.